The highest BCUT2D eigenvalue weighted by atomic mass is 32.2. The number of aromatic nitrogens is 1. The van der Waals surface area contributed by atoms with Crippen molar-refractivity contribution in [1.82, 2.24) is 14.6 Å². The van der Waals surface area contributed by atoms with Crippen molar-refractivity contribution in [2.75, 3.05) is 64.1 Å². The first-order valence-electron chi connectivity index (χ1n) is 13.4. The molecule has 10 heteroatoms. The van der Waals surface area contributed by atoms with E-state index < -0.39 is 10.0 Å². The SMILES string of the molecule is O=S(=O)(NC1C2CCC1Cc1cc(/C=C/CN3CCOCC3)ccc1C2)c1cnc(N2CCOCC2)s1. The van der Waals surface area contributed by atoms with E-state index in [1.807, 2.05) is 0 Å². The second kappa shape index (κ2) is 11.1. The van der Waals surface area contributed by atoms with E-state index in [9.17, 15) is 8.42 Å². The Morgan fingerprint density at radius 3 is 2.46 bits per heavy atom. The van der Waals surface area contributed by atoms with Crippen LogP contribution in [0.25, 0.3) is 6.08 Å². The molecular formula is C27H36N4O4S2. The minimum absolute atomic E-state index is 0.0355. The number of hydrogen-bond acceptors (Lipinski definition) is 8. The molecule has 8 nitrogen and oxygen atoms in total. The van der Waals surface area contributed by atoms with Crippen LogP contribution < -0.4 is 9.62 Å². The number of sulfonamides is 1. The summed E-state index contributed by atoms with van der Waals surface area (Å²) in [6, 6.07) is 6.74. The number of ether oxygens (including phenoxy) is 2. The van der Waals surface area contributed by atoms with Crippen LogP contribution in [0.15, 0.2) is 34.7 Å². The van der Waals surface area contributed by atoms with Crippen LogP contribution in [0.5, 0.6) is 0 Å². The molecule has 2 aliphatic heterocycles. The van der Waals surface area contributed by atoms with Gasteiger partial charge in [0.2, 0.25) is 0 Å². The molecule has 4 aliphatic rings. The normalized spacial score (nSPS) is 26.9. The molecule has 200 valence electrons. The highest BCUT2D eigenvalue weighted by Gasteiger charge is 2.41. The summed E-state index contributed by atoms with van der Waals surface area (Å²) in [5.41, 5.74) is 3.97. The van der Waals surface area contributed by atoms with Crippen molar-refractivity contribution in [2.45, 2.75) is 35.9 Å². The lowest BCUT2D eigenvalue weighted by molar-refractivity contribution is 0.0435. The van der Waals surface area contributed by atoms with Crippen LogP contribution in [0.1, 0.15) is 29.5 Å². The zero-order valence-electron chi connectivity index (χ0n) is 21.2. The number of nitrogens with zero attached hydrogens (tertiary/aromatic N) is 3. The van der Waals surface area contributed by atoms with Crippen LogP contribution in [0, 0.1) is 11.8 Å². The third-order valence-electron chi connectivity index (χ3n) is 8.21. The Morgan fingerprint density at radius 2 is 1.70 bits per heavy atom. The Labute approximate surface area is 223 Å². The van der Waals surface area contributed by atoms with Crippen molar-refractivity contribution in [3.05, 3.63) is 47.2 Å². The van der Waals surface area contributed by atoms with Crippen molar-refractivity contribution in [3.63, 3.8) is 0 Å². The molecule has 0 amide bonds. The first-order valence-corrected chi connectivity index (χ1v) is 15.7. The van der Waals surface area contributed by atoms with E-state index in [1.165, 1.54) is 34.2 Å². The van der Waals surface area contributed by atoms with Gasteiger partial charge in [0.25, 0.3) is 10.0 Å². The minimum atomic E-state index is -3.61. The largest absolute Gasteiger partial charge is 0.379 e. The van der Waals surface area contributed by atoms with E-state index in [-0.39, 0.29) is 6.04 Å². The topological polar surface area (TPSA) is 84.0 Å². The molecule has 6 rings (SSSR count). The molecule has 2 bridgehead atoms. The van der Waals surface area contributed by atoms with E-state index in [0.29, 0.717) is 29.3 Å². The molecule has 2 aliphatic carbocycles. The number of rotatable bonds is 7. The summed E-state index contributed by atoms with van der Waals surface area (Å²) in [6.07, 6.45) is 9.96. The molecule has 2 saturated heterocycles. The summed E-state index contributed by atoms with van der Waals surface area (Å²) in [6.45, 7) is 7.35. The molecule has 37 heavy (non-hydrogen) atoms. The molecule has 3 fully saturated rings. The number of thiazole rings is 1. The lowest BCUT2D eigenvalue weighted by Crippen LogP contribution is -2.41. The molecule has 3 heterocycles. The zero-order valence-corrected chi connectivity index (χ0v) is 22.8. The molecule has 0 radical (unpaired) electrons. The summed E-state index contributed by atoms with van der Waals surface area (Å²) in [5.74, 6) is 0.649. The fraction of sp³-hybridized carbons (Fsp3) is 0.593. The number of fused-ring (bicyclic) bond motifs is 3. The van der Waals surface area contributed by atoms with Crippen LogP contribution in [-0.2, 0) is 32.3 Å². The van der Waals surface area contributed by atoms with Crippen molar-refractivity contribution in [1.29, 1.82) is 0 Å². The number of benzene rings is 1. The van der Waals surface area contributed by atoms with Gasteiger partial charge in [0.15, 0.2) is 9.34 Å². The van der Waals surface area contributed by atoms with Gasteiger partial charge < -0.3 is 14.4 Å². The fourth-order valence-corrected chi connectivity index (χ4v) is 8.72. The fourth-order valence-electron chi connectivity index (χ4n) is 6.16. The summed E-state index contributed by atoms with van der Waals surface area (Å²) >= 11 is 1.26. The van der Waals surface area contributed by atoms with Crippen molar-refractivity contribution < 1.29 is 17.9 Å². The van der Waals surface area contributed by atoms with Gasteiger partial charge in [-0.25, -0.2) is 18.1 Å². The summed E-state index contributed by atoms with van der Waals surface area (Å²) < 4.78 is 41.1. The first kappa shape index (κ1) is 25.5. The third kappa shape index (κ3) is 5.79. The Hall–Kier alpha value is -1.82. The lowest BCUT2D eigenvalue weighted by Gasteiger charge is -2.26. The van der Waals surface area contributed by atoms with Gasteiger partial charge in [-0.2, -0.15) is 0 Å². The van der Waals surface area contributed by atoms with Crippen molar-refractivity contribution >= 4 is 32.6 Å². The average Bonchev–Trinajstić information content (AvgIpc) is 3.51. The van der Waals surface area contributed by atoms with Crippen LogP contribution in [0.2, 0.25) is 0 Å². The van der Waals surface area contributed by atoms with Gasteiger partial charge >= 0.3 is 0 Å². The molecule has 2 aromatic rings. The van der Waals surface area contributed by atoms with E-state index in [4.69, 9.17) is 9.47 Å². The first-order chi connectivity index (χ1) is 18.0. The predicted molar refractivity (Wildman–Crippen MR) is 146 cm³/mol. The monoisotopic (exact) mass is 544 g/mol. The predicted octanol–water partition coefficient (Wildman–Crippen LogP) is 2.80. The summed E-state index contributed by atoms with van der Waals surface area (Å²) in [4.78, 5) is 8.93. The Kier molecular flexibility index (Phi) is 7.65. The van der Waals surface area contributed by atoms with E-state index in [0.717, 1.165) is 76.8 Å². The van der Waals surface area contributed by atoms with Gasteiger partial charge in [-0.3, -0.25) is 4.90 Å². The Balaban J connectivity index is 1.13. The zero-order chi connectivity index (χ0) is 25.2. The van der Waals surface area contributed by atoms with Crippen LogP contribution in [0.4, 0.5) is 5.13 Å². The third-order valence-corrected chi connectivity index (χ3v) is 11.2. The summed E-state index contributed by atoms with van der Waals surface area (Å²) in [5, 5.41) is 0.758. The molecule has 3 atom stereocenters. The average molecular weight is 545 g/mol. The minimum Gasteiger partial charge on any atom is -0.379 e. The van der Waals surface area contributed by atoms with Crippen LogP contribution in [0.3, 0.4) is 0 Å². The van der Waals surface area contributed by atoms with Gasteiger partial charge in [0.1, 0.15) is 0 Å². The molecule has 1 N–H and O–H groups in total. The molecule has 1 saturated carbocycles. The molecule has 3 unspecified atom stereocenters. The van der Waals surface area contributed by atoms with Gasteiger partial charge in [0.05, 0.1) is 32.6 Å². The van der Waals surface area contributed by atoms with E-state index >= 15 is 0 Å². The second-order valence-corrected chi connectivity index (χ2v) is 13.5. The molecular weight excluding hydrogens is 508 g/mol. The van der Waals surface area contributed by atoms with Crippen LogP contribution in [-0.4, -0.2) is 83.5 Å². The standard InChI is InChI=1S/C27H36N4O4S2/c32-37(33,25-19-28-27(36-25)31-10-14-35-15-11-31)29-26-22-5-6-23(26)18-24-16-20(3-4-21(24)17-22)2-1-7-30-8-12-34-13-9-30/h1-4,16,19,22-23,26,29H,5-15,17-18H2/b2-1+. The van der Waals surface area contributed by atoms with Gasteiger partial charge in [-0.05, 0) is 54.2 Å². The van der Waals surface area contributed by atoms with Gasteiger partial charge in [-0.1, -0.05) is 41.7 Å². The smallest absolute Gasteiger partial charge is 0.252 e. The summed E-state index contributed by atoms with van der Waals surface area (Å²) in [7, 11) is -3.61. The highest BCUT2D eigenvalue weighted by molar-refractivity contribution is 7.91. The number of anilines is 1. The quantitative estimate of drug-likeness (QED) is 0.574. The Bertz CT molecular complexity index is 1220. The van der Waals surface area contributed by atoms with Crippen molar-refractivity contribution in [2.24, 2.45) is 11.8 Å². The van der Waals surface area contributed by atoms with Gasteiger partial charge in [-0.15, -0.1) is 0 Å². The van der Waals surface area contributed by atoms with Crippen molar-refractivity contribution in [3.8, 4) is 0 Å². The molecule has 0 spiro atoms. The highest BCUT2D eigenvalue weighted by Crippen LogP contribution is 2.41. The maximum Gasteiger partial charge on any atom is 0.252 e. The van der Waals surface area contributed by atoms with E-state index in [1.54, 1.807) is 0 Å². The molecule has 1 aromatic heterocycles. The van der Waals surface area contributed by atoms with Gasteiger partial charge in [0, 0.05) is 38.8 Å². The number of morpholine rings is 2. The second-order valence-electron chi connectivity index (χ2n) is 10.6. The number of hydrogen-bond donors (Lipinski definition) is 1. The van der Waals surface area contributed by atoms with E-state index in [2.05, 4.69) is 49.9 Å². The maximum absolute atomic E-state index is 13.4. The Morgan fingerprint density at radius 1 is 1.00 bits per heavy atom. The molecule has 1 aromatic carbocycles. The lowest BCUT2D eigenvalue weighted by atomic mass is 9.92. The van der Waals surface area contributed by atoms with Crippen LogP contribution >= 0.6 is 11.3 Å². The number of nitrogens with one attached hydrogen (secondary N) is 1. The maximum atomic E-state index is 13.4.